The molecule has 3 nitrogen and oxygen atoms in total. The lowest BCUT2D eigenvalue weighted by Crippen LogP contribution is -2.33. The van der Waals surface area contributed by atoms with Crippen molar-refractivity contribution in [1.29, 1.82) is 0 Å². The first kappa shape index (κ1) is 13.3. The number of methoxy groups -OCH3 is 1. The third-order valence-corrected chi connectivity index (χ3v) is 3.11. The molecule has 0 aliphatic rings. The number of hydrogen-bond donors (Lipinski definition) is 1. The quantitative estimate of drug-likeness (QED) is 0.869. The van der Waals surface area contributed by atoms with E-state index in [1.807, 2.05) is 6.92 Å². The first-order valence-corrected chi connectivity index (χ1v) is 6.11. The summed E-state index contributed by atoms with van der Waals surface area (Å²) in [4.78, 5) is 11.7. The minimum Gasteiger partial charge on any atom is -0.496 e. The molecular weight excluding hydrogens is 293 g/mol. The lowest BCUT2D eigenvalue weighted by Gasteiger charge is -2.11. The van der Waals surface area contributed by atoms with Gasteiger partial charge in [0.25, 0.3) is 5.91 Å². The smallest absolute Gasteiger partial charge is 0.251 e. The van der Waals surface area contributed by atoms with Gasteiger partial charge in [-0.15, -0.1) is 11.6 Å². The zero-order chi connectivity index (χ0) is 12.1. The molecule has 1 aromatic rings. The highest BCUT2D eigenvalue weighted by atomic mass is 79.9. The van der Waals surface area contributed by atoms with Crippen LogP contribution < -0.4 is 10.1 Å². The van der Waals surface area contributed by atoms with Crippen LogP contribution in [0.15, 0.2) is 22.7 Å². The van der Waals surface area contributed by atoms with Crippen LogP contribution >= 0.6 is 27.5 Å². The zero-order valence-corrected chi connectivity index (χ0v) is 11.4. The average Bonchev–Trinajstić information content (AvgIpc) is 2.28. The molecule has 1 N–H and O–H groups in total. The van der Waals surface area contributed by atoms with Gasteiger partial charge in [0.15, 0.2) is 0 Å². The highest BCUT2D eigenvalue weighted by Crippen LogP contribution is 2.25. The zero-order valence-electron chi connectivity index (χ0n) is 9.09. The van der Waals surface area contributed by atoms with Crippen molar-refractivity contribution in [2.24, 2.45) is 0 Å². The molecule has 0 fully saturated rings. The fourth-order valence-electron chi connectivity index (χ4n) is 1.15. The standard InChI is InChI=1S/C11H13BrClNO2/c1-7(6-13)14-11(15)8-3-4-10(16-2)9(12)5-8/h3-5,7H,6H2,1-2H3,(H,14,15). The number of carbonyl (C=O) groups excluding carboxylic acids is 1. The van der Waals surface area contributed by atoms with Gasteiger partial charge in [0.1, 0.15) is 5.75 Å². The third-order valence-electron chi connectivity index (χ3n) is 2.02. The fourth-order valence-corrected chi connectivity index (χ4v) is 1.77. The van der Waals surface area contributed by atoms with Crippen LogP contribution in [0.5, 0.6) is 5.75 Å². The van der Waals surface area contributed by atoms with Gasteiger partial charge >= 0.3 is 0 Å². The number of rotatable bonds is 4. The first-order chi connectivity index (χ1) is 7.58. The molecular formula is C11H13BrClNO2. The molecule has 1 unspecified atom stereocenters. The number of benzene rings is 1. The number of halogens is 2. The van der Waals surface area contributed by atoms with Crippen molar-refractivity contribution in [3.8, 4) is 5.75 Å². The lowest BCUT2D eigenvalue weighted by molar-refractivity contribution is 0.0943. The number of alkyl halides is 1. The number of ether oxygens (including phenoxy) is 1. The molecule has 0 saturated heterocycles. The van der Waals surface area contributed by atoms with Crippen molar-refractivity contribution in [2.75, 3.05) is 13.0 Å². The summed E-state index contributed by atoms with van der Waals surface area (Å²) in [5.41, 5.74) is 0.574. The minimum atomic E-state index is -0.142. The highest BCUT2D eigenvalue weighted by molar-refractivity contribution is 9.10. The van der Waals surface area contributed by atoms with E-state index in [-0.39, 0.29) is 11.9 Å². The van der Waals surface area contributed by atoms with Gasteiger partial charge in [0.05, 0.1) is 11.6 Å². The van der Waals surface area contributed by atoms with Crippen LogP contribution in [0.25, 0.3) is 0 Å². The maximum Gasteiger partial charge on any atom is 0.251 e. The van der Waals surface area contributed by atoms with Crippen LogP contribution in [0.4, 0.5) is 0 Å². The Morgan fingerprint density at radius 3 is 2.81 bits per heavy atom. The molecule has 0 aromatic heterocycles. The summed E-state index contributed by atoms with van der Waals surface area (Å²) in [6.07, 6.45) is 0. The lowest BCUT2D eigenvalue weighted by atomic mass is 10.2. The molecule has 16 heavy (non-hydrogen) atoms. The molecule has 0 bridgehead atoms. The van der Waals surface area contributed by atoms with E-state index in [2.05, 4.69) is 21.2 Å². The summed E-state index contributed by atoms with van der Waals surface area (Å²) in [6, 6.07) is 5.12. The van der Waals surface area contributed by atoms with E-state index in [1.54, 1.807) is 25.3 Å². The van der Waals surface area contributed by atoms with Gasteiger partial charge in [-0.3, -0.25) is 4.79 Å². The van der Waals surface area contributed by atoms with Gasteiger partial charge in [0.2, 0.25) is 0 Å². The Bertz CT molecular complexity index is 384. The number of carbonyl (C=O) groups is 1. The normalized spacial score (nSPS) is 12.0. The van der Waals surface area contributed by atoms with Crippen molar-refractivity contribution in [3.05, 3.63) is 28.2 Å². The minimum absolute atomic E-state index is 0.0463. The van der Waals surface area contributed by atoms with Gasteiger partial charge in [-0.05, 0) is 41.1 Å². The highest BCUT2D eigenvalue weighted by Gasteiger charge is 2.10. The first-order valence-electron chi connectivity index (χ1n) is 4.79. The fraction of sp³-hybridized carbons (Fsp3) is 0.364. The average molecular weight is 307 g/mol. The van der Waals surface area contributed by atoms with Crippen LogP contribution in [0.1, 0.15) is 17.3 Å². The van der Waals surface area contributed by atoms with Crippen molar-refractivity contribution < 1.29 is 9.53 Å². The second-order valence-corrected chi connectivity index (χ2v) is 4.54. The predicted molar refractivity (Wildman–Crippen MR) is 68.3 cm³/mol. The van der Waals surface area contributed by atoms with Crippen LogP contribution in [-0.4, -0.2) is 24.9 Å². The molecule has 0 spiro atoms. The van der Waals surface area contributed by atoms with Crippen molar-refractivity contribution in [3.63, 3.8) is 0 Å². The molecule has 1 aromatic carbocycles. The second kappa shape index (κ2) is 6.11. The molecule has 5 heteroatoms. The maximum absolute atomic E-state index is 11.7. The van der Waals surface area contributed by atoms with E-state index < -0.39 is 0 Å². The summed E-state index contributed by atoms with van der Waals surface area (Å²) in [7, 11) is 1.58. The van der Waals surface area contributed by atoms with E-state index in [0.717, 1.165) is 4.47 Å². The Balaban J connectivity index is 2.81. The molecule has 0 saturated carbocycles. The predicted octanol–water partition coefficient (Wildman–Crippen LogP) is 2.81. The Hall–Kier alpha value is -0.740. The van der Waals surface area contributed by atoms with Gasteiger partial charge in [-0.2, -0.15) is 0 Å². The SMILES string of the molecule is COc1ccc(C(=O)NC(C)CCl)cc1Br. The van der Waals surface area contributed by atoms with Crippen LogP contribution in [-0.2, 0) is 0 Å². The Morgan fingerprint density at radius 2 is 2.31 bits per heavy atom. The topological polar surface area (TPSA) is 38.3 Å². The van der Waals surface area contributed by atoms with E-state index in [0.29, 0.717) is 17.2 Å². The Morgan fingerprint density at radius 1 is 1.62 bits per heavy atom. The van der Waals surface area contributed by atoms with E-state index in [9.17, 15) is 4.79 Å². The summed E-state index contributed by atoms with van der Waals surface area (Å²) in [5.74, 6) is 0.946. The summed E-state index contributed by atoms with van der Waals surface area (Å²) in [5, 5.41) is 2.78. The van der Waals surface area contributed by atoms with Crippen LogP contribution in [0.3, 0.4) is 0 Å². The molecule has 0 aliphatic heterocycles. The van der Waals surface area contributed by atoms with Crippen molar-refractivity contribution in [2.45, 2.75) is 13.0 Å². The van der Waals surface area contributed by atoms with Gasteiger partial charge in [-0.25, -0.2) is 0 Å². The van der Waals surface area contributed by atoms with Crippen LogP contribution in [0.2, 0.25) is 0 Å². The van der Waals surface area contributed by atoms with E-state index in [4.69, 9.17) is 16.3 Å². The summed E-state index contributed by atoms with van der Waals surface area (Å²) in [6.45, 7) is 1.85. The number of hydrogen-bond acceptors (Lipinski definition) is 2. The van der Waals surface area contributed by atoms with Crippen molar-refractivity contribution in [1.82, 2.24) is 5.32 Å². The summed E-state index contributed by atoms with van der Waals surface area (Å²) < 4.78 is 5.83. The Labute approximate surface area is 108 Å². The van der Waals surface area contributed by atoms with Gasteiger partial charge in [0, 0.05) is 17.5 Å². The van der Waals surface area contributed by atoms with Gasteiger partial charge < -0.3 is 10.1 Å². The number of amides is 1. The Kier molecular flexibility index (Phi) is 5.09. The van der Waals surface area contributed by atoms with E-state index >= 15 is 0 Å². The van der Waals surface area contributed by atoms with E-state index in [1.165, 1.54) is 0 Å². The molecule has 88 valence electrons. The monoisotopic (exact) mass is 305 g/mol. The molecule has 1 rings (SSSR count). The van der Waals surface area contributed by atoms with Crippen LogP contribution in [0, 0.1) is 0 Å². The number of nitrogens with one attached hydrogen (secondary N) is 1. The molecule has 0 radical (unpaired) electrons. The molecule has 0 heterocycles. The summed E-state index contributed by atoms with van der Waals surface area (Å²) >= 11 is 8.95. The van der Waals surface area contributed by atoms with Gasteiger partial charge in [-0.1, -0.05) is 0 Å². The van der Waals surface area contributed by atoms with Crippen molar-refractivity contribution >= 4 is 33.4 Å². The third kappa shape index (κ3) is 3.39. The maximum atomic E-state index is 11.7. The molecule has 1 atom stereocenters. The molecule has 1 amide bonds. The second-order valence-electron chi connectivity index (χ2n) is 3.38. The largest absolute Gasteiger partial charge is 0.496 e. The molecule has 0 aliphatic carbocycles.